The van der Waals surface area contributed by atoms with Gasteiger partial charge >= 0.3 is 12.0 Å². The Morgan fingerprint density at radius 3 is 2.30 bits per heavy atom. The van der Waals surface area contributed by atoms with Crippen LogP contribution in [0, 0.1) is 0 Å². The first kappa shape index (κ1) is 19.2. The molecule has 0 aromatic heterocycles. The average Bonchev–Trinajstić information content (AvgIpc) is 3.40. The Morgan fingerprint density at radius 2 is 1.74 bits per heavy atom. The lowest BCUT2D eigenvalue weighted by molar-refractivity contribution is -0.139. The van der Waals surface area contributed by atoms with Gasteiger partial charge in [0.1, 0.15) is 0 Å². The van der Waals surface area contributed by atoms with Crippen LogP contribution >= 0.6 is 0 Å². The molecule has 2 aliphatic carbocycles. The van der Waals surface area contributed by atoms with Crippen LogP contribution in [0.15, 0.2) is 24.3 Å². The first-order valence-electron chi connectivity index (χ1n) is 9.39. The molecule has 0 bridgehead atoms. The number of rotatable bonds is 8. The molecule has 0 aliphatic heterocycles. The van der Waals surface area contributed by atoms with Gasteiger partial charge in [0.2, 0.25) is 0 Å². The van der Waals surface area contributed by atoms with E-state index in [2.05, 4.69) is 16.0 Å². The van der Waals surface area contributed by atoms with Gasteiger partial charge in [-0.1, -0.05) is 6.92 Å². The van der Waals surface area contributed by atoms with E-state index in [0.29, 0.717) is 23.8 Å². The topological polar surface area (TPSA) is 111 Å². The Kier molecular flexibility index (Phi) is 5.95. The van der Waals surface area contributed by atoms with Crippen LogP contribution in [0.2, 0.25) is 0 Å². The molecule has 1 aromatic carbocycles. The third-order valence-corrected chi connectivity index (χ3v) is 5.03. The highest BCUT2D eigenvalue weighted by Crippen LogP contribution is 2.25. The fourth-order valence-electron chi connectivity index (χ4n) is 3.23. The predicted molar refractivity (Wildman–Crippen MR) is 101 cm³/mol. The van der Waals surface area contributed by atoms with E-state index in [1.54, 1.807) is 24.3 Å². The van der Waals surface area contributed by atoms with Crippen LogP contribution in [0.25, 0.3) is 0 Å². The van der Waals surface area contributed by atoms with Crippen LogP contribution in [-0.2, 0) is 4.79 Å². The number of carbonyl (C=O) groups is 3. The SMILES string of the molecule is CCN(CC(=O)O)C1CC(NC(=O)Nc2ccc(C(=O)NC3CC3)cc2)C1. The maximum atomic E-state index is 12.1. The summed E-state index contributed by atoms with van der Waals surface area (Å²) in [5.41, 5.74) is 1.19. The fourth-order valence-corrected chi connectivity index (χ4v) is 3.23. The number of urea groups is 1. The maximum Gasteiger partial charge on any atom is 0.319 e. The molecular weight excluding hydrogens is 348 g/mol. The number of carboxylic acid groups (broad SMARTS) is 1. The van der Waals surface area contributed by atoms with E-state index in [1.165, 1.54) is 0 Å². The minimum Gasteiger partial charge on any atom is -0.480 e. The van der Waals surface area contributed by atoms with E-state index < -0.39 is 5.97 Å². The molecule has 0 saturated heterocycles. The monoisotopic (exact) mass is 374 g/mol. The Bertz CT molecular complexity index is 696. The predicted octanol–water partition coefficient (Wildman–Crippen LogP) is 1.64. The van der Waals surface area contributed by atoms with Crippen LogP contribution in [-0.4, -0.2) is 59.1 Å². The second-order valence-corrected chi connectivity index (χ2v) is 7.20. The summed E-state index contributed by atoms with van der Waals surface area (Å²) in [5.74, 6) is -0.920. The number of likely N-dealkylation sites (N-methyl/N-ethyl adjacent to an activating group) is 1. The van der Waals surface area contributed by atoms with Crippen LogP contribution in [0.1, 0.15) is 43.0 Å². The normalized spacial score (nSPS) is 21.3. The van der Waals surface area contributed by atoms with E-state index in [1.807, 2.05) is 11.8 Å². The summed E-state index contributed by atoms with van der Waals surface area (Å²) in [5, 5.41) is 17.5. The molecule has 0 unspecified atom stereocenters. The zero-order chi connectivity index (χ0) is 19.4. The van der Waals surface area contributed by atoms with E-state index in [-0.39, 0.29) is 30.6 Å². The van der Waals surface area contributed by atoms with Crippen molar-refractivity contribution >= 4 is 23.6 Å². The van der Waals surface area contributed by atoms with Gasteiger partial charge in [-0.2, -0.15) is 0 Å². The number of benzene rings is 1. The van der Waals surface area contributed by atoms with Gasteiger partial charge in [0.15, 0.2) is 0 Å². The first-order chi connectivity index (χ1) is 12.9. The van der Waals surface area contributed by atoms with E-state index in [9.17, 15) is 14.4 Å². The molecule has 4 N–H and O–H groups in total. The first-order valence-corrected chi connectivity index (χ1v) is 9.39. The zero-order valence-electron chi connectivity index (χ0n) is 15.4. The summed E-state index contributed by atoms with van der Waals surface area (Å²) in [7, 11) is 0. The fraction of sp³-hybridized carbons (Fsp3) is 0.526. The van der Waals surface area contributed by atoms with Gasteiger partial charge in [-0.05, 0) is 56.5 Å². The molecule has 0 spiro atoms. The van der Waals surface area contributed by atoms with Crippen molar-refractivity contribution in [3.63, 3.8) is 0 Å². The number of nitrogens with one attached hydrogen (secondary N) is 3. The van der Waals surface area contributed by atoms with E-state index in [4.69, 9.17) is 5.11 Å². The number of anilines is 1. The number of amides is 3. The number of nitrogens with zero attached hydrogens (tertiary/aromatic N) is 1. The van der Waals surface area contributed by atoms with Crippen LogP contribution in [0.3, 0.4) is 0 Å². The second kappa shape index (κ2) is 8.39. The molecule has 2 saturated carbocycles. The molecule has 8 nitrogen and oxygen atoms in total. The molecule has 27 heavy (non-hydrogen) atoms. The minimum absolute atomic E-state index is 0.0285. The average molecular weight is 374 g/mol. The zero-order valence-corrected chi connectivity index (χ0v) is 15.4. The van der Waals surface area contributed by atoms with E-state index in [0.717, 1.165) is 25.7 Å². The summed E-state index contributed by atoms with van der Waals surface area (Å²) in [6, 6.07) is 7.05. The maximum absolute atomic E-state index is 12.1. The molecule has 2 fully saturated rings. The molecule has 3 rings (SSSR count). The number of aliphatic carboxylic acids is 1. The molecule has 1 aromatic rings. The van der Waals surface area contributed by atoms with Crippen molar-refractivity contribution in [2.45, 2.75) is 50.7 Å². The Balaban J connectivity index is 1.41. The summed E-state index contributed by atoms with van der Waals surface area (Å²) in [6.45, 7) is 2.64. The molecule has 0 radical (unpaired) electrons. The van der Waals surface area contributed by atoms with Crippen molar-refractivity contribution in [2.24, 2.45) is 0 Å². The Labute approximate surface area is 158 Å². The summed E-state index contributed by atoms with van der Waals surface area (Å²) in [6.07, 6.45) is 3.57. The van der Waals surface area contributed by atoms with E-state index >= 15 is 0 Å². The largest absolute Gasteiger partial charge is 0.480 e. The lowest BCUT2D eigenvalue weighted by atomic mass is 9.85. The molecule has 0 heterocycles. The van der Waals surface area contributed by atoms with Crippen molar-refractivity contribution in [3.05, 3.63) is 29.8 Å². The van der Waals surface area contributed by atoms with Gasteiger partial charge < -0.3 is 21.1 Å². The highest BCUT2D eigenvalue weighted by molar-refractivity contribution is 5.95. The van der Waals surface area contributed by atoms with Gasteiger partial charge in [0, 0.05) is 29.4 Å². The molecule has 146 valence electrons. The van der Waals surface area contributed by atoms with Gasteiger partial charge in [0.25, 0.3) is 5.91 Å². The summed E-state index contributed by atoms with van der Waals surface area (Å²) in [4.78, 5) is 36.8. The highest BCUT2D eigenvalue weighted by Gasteiger charge is 2.34. The van der Waals surface area contributed by atoms with Gasteiger partial charge in [-0.3, -0.25) is 14.5 Å². The second-order valence-electron chi connectivity index (χ2n) is 7.20. The highest BCUT2D eigenvalue weighted by atomic mass is 16.4. The smallest absolute Gasteiger partial charge is 0.319 e. The Morgan fingerprint density at radius 1 is 1.07 bits per heavy atom. The van der Waals surface area contributed by atoms with Crippen LogP contribution < -0.4 is 16.0 Å². The lowest BCUT2D eigenvalue weighted by Crippen LogP contribution is -2.55. The number of hydrogen-bond donors (Lipinski definition) is 4. The molecule has 2 aliphatic rings. The van der Waals surface area contributed by atoms with Crippen LogP contribution in [0.5, 0.6) is 0 Å². The number of hydrogen-bond acceptors (Lipinski definition) is 4. The van der Waals surface area contributed by atoms with Gasteiger partial charge in [-0.15, -0.1) is 0 Å². The molecule has 0 atom stereocenters. The van der Waals surface area contributed by atoms with Crippen molar-refractivity contribution in [2.75, 3.05) is 18.4 Å². The quantitative estimate of drug-likeness (QED) is 0.553. The molecular formula is C19H26N4O4. The summed E-state index contributed by atoms with van der Waals surface area (Å²) < 4.78 is 0. The van der Waals surface area contributed by atoms with Crippen molar-refractivity contribution in [3.8, 4) is 0 Å². The van der Waals surface area contributed by atoms with Crippen LogP contribution in [0.4, 0.5) is 10.5 Å². The van der Waals surface area contributed by atoms with Gasteiger partial charge in [0.05, 0.1) is 6.54 Å². The number of carboxylic acids is 1. The Hall–Kier alpha value is -2.61. The van der Waals surface area contributed by atoms with Crippen molar-refractivity contribution < 1.29 is 19.5 Å². The third-order valence-electron chi connectivity index (χ3n) is 5.03. The standard InChI is InChI=1S/C19H26N4O4/c1-2-23(11-17(24)25)16-9-15(10-16)22-19(27)21-14-5-3-12(4-6-14)18(26)20-13-7-8-13/h3-6,13,15-16H,2,7-11H2,1H3,(H,20,26)(H,24,25)(H2,21,22,27). The molecule has 3 amide bonds. The minimum atomic E-state index is -0.833. The van der Waals surface area contributed by atoms with Gasteiger partial charge in [-0.25, -0.2) is 4.79 Å². The molecule has 8 heteroatoms. The van der Waals surface area contributed by atoms with Crippen molar-refractivity contribution in [1.82, 2.24) is 15.5 Å². The summed E-state index contributed by atoms with van der Waals surface area (Å²) >= 11 is 0. The third kappa shape index (κ3) is 5.43. The number of carbonyl (C=O) groups excluding carboxylic acids is 2. The van der Waals surface area contributed by atoms with Crippen molar-refractivity contribution in [1.29, 1.82) is 0 Å². The lowest BCUT2D eigenvalue weighted by Gasteiger charge is -2.42.